The van der Waals surface area contributed by atoms with Gasteiger partial charge in [-0.1, -0.05) is 0 Å². The lowest BCUT2D eigenvalue weighted by Crippen LogP contribution is -2.20. The molecule has 0 heterocycles. The number of nitrogens with one attached hydrogen (secondary N) is 1. The molecular weight excluding hydrogens is 120 g/mol. The first-order valence-corrected chi connectivity index (χ1v) is 2.40. The number of Topliss-reactive ketones (excluding diaryl/α,β-unsaturated/α-hetero) is 1. The van der Waals surface area contributed by atoms with E-state index >= 15 is 0 Å². The summed E-state index contributed by atoms with van der Waals surface area (Å²) in [7, 11) is 0. The van der Waals surface area contributed by atoms with Gasteiger partial charge in [0.15, 0.2) is 5.78 Å². The summed E-state index contributed by atoms with van der Waals surface area (Å²) in [5.74, 6) is -1.20. The molecular formula is C5H8N2O2. The first-order valence-electron chi connectivity index (χ1n) is 2.40. The molecule has 50 valence electrons. The average molecular weight is 128 g/mol. The first-order chi connectivity index (χ1) is 4.04. The molecule has 1 amide bonds. The van der Waals surface area contributed by atoms with Crippen molar-refractivity contribution in [2.75, 3.05) is 0 Å². The lowest BCUT2D eigenvalue weighted by molar-refractivity contribution is -0.123. The van der Waals surface area contributed by atoms with E-state index in [1.165, 1.54) is 6.92 Å². The van der Waals surface area contributed by atoms with Crippen LogP contribution in [0.25, 0.3) is 0 Å². The van der Waals surface area contributed by atoms with Gasteiger partial charge in [0, 0.05) is 0 Å². The first kappa shape index (κ1) is 7.81. The zero-order valence-electron chi connectivity index (χ0n) is 5.10. The fraction of sp³-hybridized carbons (Fsp3) is 0.400. The van der Waals surface area contributed by atoms with E-state index in [1.807, 2.05) is 0 Å². The normalized spacial score (nSPS) is 8.56. The number of carbonyl (C=O) groups is 2. The van der Waals surface area contributed by atoms with E-state index in [-0.39, 0.29) is 12.1 Å². The number of rotatable bonds is 3. The van der Waals surface area contributed by atoms with Gasteiger partial charge in [-0.15, -0.1) is 0 Å². The van der Waals surface area contributed by atoms with Gasteiger partial charge in [0.1, 0.15) is 0 Å². The Balaban J connectivity index is 3.79. The Morgan fingerprint density at radius 3 is 2.11 bits per heavy atom. The van der Waals surface area contributed by atoms with E-state index in [1.54, 1.807) is 0 Å². The highest BCUT2D eigenvalue weighted by Gasteiger charge is 2.06. The third kappa shape index (κ3) is 3.40. The summed E-state index contributed by atoms with van der Waals surface area (Å²) in [5, 5.41) is 6.74. The summed E-state index contributed by atoms with van der Waals surface area (Å²) in [6, 6.07) is 0. The van der Waals surface area contributed by atoms with Gasteiger partial charge in [-0.25, -0.2) is 0 Å². The Kier molecular flexibility index (Phi) is 2.57. The highest BCUT2D eigenvalue weighted by Crippen LogP contribution is 1.82. The smallest absolute Gasteiger partial charge is 0.225 e. The Morgan fingerprint density at radius 2 is 2.00 bits per heavy atom. The molecule has 0 saturated carbocycles. The van der Waals surface area contributed by atoms with Gasteiger partial charge >= 0.3 is 0 Å². The van der Waals surface area contributed by atoms with Crippen molar-refractivity contribution >= 4 is 17.4 Å². The van der Waals surface area contributed by atoms with Crippen LogP contribution in [0, 0.1) is 5.41 Å². The number of ketones is 1. The predicted molar refractivity (Wildman–Crippen MR) is 32.2 cm³/mol. The second kappa shape index (κ2) is 2.96. The number of hydrogen-bond acceptors (Lipinski definition) is 3. The molecule has 0 aromatic rings. The number of primary amides is 1. The standard InChI is InChI=1S/C5H8N2O2/c1-3(6)4(8)2-5(7)9/h6H,2H2,1H3,(H2,7,9). The third-order valence-electron chi connectivity index (χ3n) is 0.753. The maximum Gasteiger partial charge on any atom is 0.225 e. The second-order valence-electron chi connectivity index (χ2n) is 1.69. The molecule has 0 aliphatic heterocycles. The van der Waals surface area contributed by atoms with Crippen LogP contribution in [0.15, 0.2) is 0 Å². The van der Waals surface area contributed by atoms with Crippen LogP contribution in [0.3, 0.4) is 0 Å². The molecule has 0 fully saturated rings. The van der Waals surface area contributed by atoms with Crippen molar-refractivity contribution in [2.24, 2.45) is 5.73 Å². The van der Waals surface area contributed by atoms with Crippen LogP contribution < -0.4 is 5.73 Å². The highest BCUT2D eigenvalue weighted by molar-refractivity contribution is 6.40. The SMILES string of the molecule is CC(=N)C(=O)CC(N)=O. The molecule has 0 unspecified atom stereocenters. The van der Waals surface area contributed by atoms with Gasteiger partial charge in [0.25, 0.3) is 0 Å². The van der Waals surface area contributed by atoms with Crippen LogP contribution in [0.1, 0.15) is 13.3 Å². The molecule has 4 nitrogen and oxygen atoms in total. The second-order valence-corrected chi connectivity index (χ2v) is 1.69. The molecule has 0 aliphatic rings. The van der Waals surface area contributed by atoms with Gasteiger partial charge in [-0.2, -0.15) is 0 Å². The summed E-state index contributed by atoms with van der Waals surface area (Å²) in [5.41, 5.74) is 4.54. The van der Waals surface area contributed by atoms with E-state index in [2.05, 4.69) is 5.73 Å². The third-order valence-corrected chi connectivity index (χ3v) is 0.753. The number of nitrogens with two attached hydrogens (primary N) is 1. The minimum Gasteiger partial charge on any atom is -0.369 e. The largest absolute Gasteiger partial charge is 0.369 e. The molecule has 9 heavy (non-hydrogen) atoms. The number of amides is 1. The summed E-state index contributed by atoms with van der Waals surface area (Å²) >= 11 is 0. The summed E-state index contributed by atoms with van der Waals surface area (Å²) in [6.07, 6.45) is -0.352. The molecule has 4 heteroatoms. The van der Waals surface area contributed by atoms with Crippen molar-refractivity contribution in [1.82, 2.24) is 0 Å². The number of hydrogen-bond donors (Lipinski definition) is 2. The topological polar surface area (TPSA) is 84.0 Å². The zero-order chi connectivity index (χ0) is 7.44. The van der Waals surface area contributed by atoms with Gasteiger partial charge in [0.2, 0.25) is 5.91 Å². The fourth-order valence-electron chi connectivity index (χ4n) is 0.291. The highest BCUT2D eigenvalue weighted by atomic mass is 16.2. The van der Waals surface area contributed by atoms with E-state index in [0.717, 1.165) is 0 Å². The average Bonchev–Trinajstić information content (AvgIpc) is 1.63. The Labute approximate surface area is 52.5 Å². The van der Waals surface area contributed by atoms with Gasteiger partial charge in [-0.05, 0) is 6.92 Å². The van der Waals surface area contributed by atoms with E-state index in [0.29, 0.717) is 0 Å². The monoisotopic (exact) mass is 128 g/mol. The minimum atomic E-state index is -0.688. The maximum absolute atomic E-state index is 10.4. The molecule has 0 spiro atoms. The summed E-state index contributed by atoms with van der Waals surface area (Å²) in [4.78, 5) is 20.4. The molecule has 0 aromatic heterocycles. The Bertz CT molecular complexity index is 162. The minimum absolute atomic E-state index is 0.131. The van der Waals surface area contributed by atoms with E-state index in [4.69, 9.17) is 5.41 Å². The van der Waals surface area contributed by atoms with Crippen molar-refractivity contribution in [1.29, 1.82) is 5.41 Å². The molecule has 3 N–H and O–H groups in total. The van der Waals surface area contributed by atoms with Gasteiger partial charge in [0.05, 0.1) is 12.1 Å². The van der Waals surface area contributed by atoms with Crippen LogP contribution in [0.5, 0.6) is 0 Å². The molecule has 0 bridgehead atoms. The van der Waals surface area contributed by atoms with Crippen LogP contribution in [0.2, 0.25) is 0 Å². The van der Waals surface area contributed by atoms with E-state index in [9.17, 15) is 9.59 Å². The molecule has 0 rings (SSSR count). The fourth-order valence-corrected chi connectivity index (χ4v) is 0.291. The lowest BCUT2D eigenvalue weighted by atomic mass is 10.2. The quantitative estimate of drug-likeness (QED) is 0.395. The van der Waals surface area contributed by atoms with Crippen LogP contribution in [0.4, 0.5) is 0 Å². The number of carbonyl (C=O) groups excluding carboxylic acids is 2. The Hall–Kier alpha value is -1.19. The van der Waals surface area contributed by atoms with Crippen molar-refractivity contribution in [3.8, 4) is 0 Å². The molecule has 0 saturated heterocycles. The molecule has 0 atom stereocenters. The van der Waals surface area contributed by atoms with Crippen molar-refractivity contribution < 1.29 is 9.59 Å². The van der Waals surface area contributed by atoms with Crippen molar-refractivity contribution in [3.63, 3.8) is 0 Å². The molecule has 0 radical (unpaired) electrons. The van der Waals surface area contributed by atoms with Gasteiger partial charge < -0.3 is 11.1 Å². The van der Waals surface area contributed by atoms with Gasteiger partial charge in [-0.3, -0.25) is 9.59 Å². The summed E-state index contributed by atoms with van der Waals surface area (Å²) < 4.78 is 0. The van der Waals surface area contributed by atoms with E-state index < -0.39 is 11.7 Å². The Morgan fingerprint density at radius 1 is 1.56 bits per heavy atom. The van der Waals surface area contributed by atoms with Crippen LogP contribution in [-0.2, 0) is 9.59 Å². The zero-order valence-corrected chi connectivity index (χ0v) is 5.10. The maximum atomic E-state index is 10.4. The van der Waals surface area contributed by atoms with Crippen molar-refractivity contribution in [2.45, 2.75) is 13.3 Å². The lowest BCUT2D eigenvalue weighted by Gasteiger charge is -1.90. The molecule has 0 aromatic carbocycles. The van der Waals surface area contributed by atoms with Crippen LogP contribution in [-0.4, -0.2) is 17.4 Å². The van der Waals surface area contributed by atoms with Crippen LogP contribution >= 0.6 is 0 Å². The summed E-state index contributed by atoms with van der Waals surface area (Å²) in [6.45, 7) is 1.32. The van der Waals surface area contributed by atoms with Crippen molar-refractivity contribution in [3.05, 3.63) is 0 Å². The predicted octanol–water partition coefficient (Wildman–Crippen LogP) is -0.529. The molecule has 0 aliphatic carbocycles.